The zero-order chi connectivity index (χ0) is 11.7. The Morgan fingerprint density at radius 1 is 0.941 bits per heavy atom. The van der Waals surface area contributed by atoms with E-state index in [9.17, 15) is 0 Å². The van der Waals surface area contributed by atoms with Crippen LogP contribution in [0, 0.1) is 0 Å². The van der Waals surface area contributed by atoms with E-state index in [-0.39, 0.29) is 0 Å². The molecule has 0 bridgehead atoms. The van der Waals surface area contributed by atoms with Crippen molar-refractivity contribution in [3.63, 3.8) is 0 Å². The highest BCUT2D eigenvalue weighted by Gasteiger charge is 2.05. The molecule has 0 saturated carbocycles. The van der Waals surface area contributed by atoms with Gasteiger partial charge in [0.2, 0.25) is 0 Å². The smallest absolute Gasteiger partial charge is 0.0914 e. The molecule has 0 aliphatic carbocycles. The molecule has 0 unspecified atom stereocenters. The molecular weight excluding hydrogens is 218 g/mol. The maximum absolute atomic E-state index is 5.90. The fourth-order valence-corrected chi connectivity index (χ4v) is 1.56. The number of benzene rings is 1. The van der Waals surface area contributed by atoms with Crippen LogP contribution in [0.25, 0.3) is 11.4 Å². The van der Waals surface area contributed by atoms with Crippen LogP contribution in [-0.4, -0.2) is 30.0 Å². The van der Waals surface area contributed by atoms with Gasteiger partial charge in [-0.25, -0.2) is 9.36 Å². The molecule has 84 valence electrons. The Hall–Kier alpha value is -2.70. The number of aromatic nitrogens is 6. The zero-order valence-electron chi connectivity index (χ0n) is 8.80. The number of anilines is 1. The van der Waals surface area contributed by atoms with Gasteiger partial charge in [-0.2, -0.15) is 0 Å². The molecule has 0 spiro atoms. The van der Waals surface area contributed by atoms with Gasteiger partial charge in [-0.05, 0) is 18.2 Å². The molecule has 2 heterocycles. The SMILES string of the molecule is Nc1ccc(-n2ccnn2)cc1-n1ccnn1. The summed E-state index contributed by atoms with van der Waals surface area (Å²) in [5, 5.41) is 15.3. The fourth-order valence-electron chi connectivity index (χ4n) is 1.56. The van der Waals surface area contributed by atoms with Crippen LogP contribution in [0.3, 0.4) is 0 Å². The number of nitrogens with two attached hydrogens (primary N) is 1. The lowest BCUT2D eigenvalue weighted by molar-refractivity contribution is 0.787. The molecule has 0 fully saturated rings. The molecule has 2 N–H and O–H groups in total. The second-order valence-electron chi connectivity index (χ2n) is 3.44. The van der Waals surface area contributed by atoms with Crippen LogP contribution >= 0.6 is 0 Å². The summed E-state index contributed by atoms with van der Waals surface area (Å²) in [6.07, 6.45) is 6.71. The van der Waals surface area contributed by atoms with E-state index in [0.717, 1.165) is 11.4 Å². The first kappa shape index (κ1) is 9.52. The lowest BCUT2D eigenvalue weighted by atomic mass is 10.2. The van der Waals surface area contributed by atoms with Crippen molar-refractivity contribution >= 4 is 5.69 Å². The standard InChI is InChI=1S/C10H9N7/c11-9-2-1-8(16-5-3-12-14-16)7-10(9)17-6-4-13-15-17/h1-7H,11H2. The van der Waals surface area contributed by atoms with Gasteiger partial charge in [-0.1, -0.05) is 10.4 Å². The Balaban J connectivity index is 2.13. The highest BCUT2D eigenvalue weighted by molar-refractivity contribution is 5.61. The third-order valence-electron chi connectivity index (χ3n) is 2.37. The van der Waals surface area contributed by atoms with E-state index >= 15 is 0 Å². The maximum atomic E-state index is 5.90. The van der Waals surface area contributed by atoms with Crippen LogP contribution in [0.1, 0.15) is 0 Å². The van der Waals surface area contributed by atoms with E-state index in [1.54, 1.807) is 40.2 Å². The first-order chi connectivity index (χ1) is 8.34. The van der Waals surface area contributed by atoms with Gasteiger partial charge in [0, 0.05) is 0 Å². The predicted molar refractivity (Wildman–Crippen MR) is 60.7 cm³/mol. The minimum Gasteiger partial charge on any atom is -0.397 e. The molecule has 0 aliphatic heterocycles. The highest BCUT2D eigenvalue weighted by Crippen LogP contribution is 2.19. The Bertz CT molecular complexity index is 612. The fraction of sp³-hybridized carbons (Fsp3) is 0. The molecule has 0 amide bonds. The number of rotatable bonds is 2. The Morgan fingerprint density at radius 2 is 1.65 bits per heavy atom. The van der Waals surface area contributed by atoms with Gasteiger partial charge >= 0.3 is 0 Å². The Kier molecular flexibility index (Phi) is 2.08. The molecule has 7 nitrogen and oxygen atoms in total. The summed E-state index contributed by atoms with van der Waals surface area (Å²) in [6.45, 7) is 0. The van der Waals surface area contributed by atoms with Gasteiger partial charge in [0.1, 0.15) is 0 Å². The van der Waals surface area contributed by atoms with Gasteiger partial charge < -0.3 is 5.73 Å². The zero-order valence-corrected chi connectivity index (χ0v) is 8.80. The minimum atomic E-state index is 0.624. The average molecular weight is 227 g/mol. The van der Waals surface area contributed by atoms with Crippen LogP contribution in [0.2, 0.25) is 0 Å². The largest absolute Gasteiger partial charge is 0.397 e. The molecule has 0 atom stereocenters. The summed E-state index contributed by atoms with van der Waals surface area (Å²) >= 11 is 0. The molecule has 0 radical (unpaired) electrons. The maximum Gasteiger partial charge on any atom is 0.0914 e. The van der Waals surface area contributed by atoms with Crippen LogP contribution in [0.15, 0.2) is 43.0 Å². The Morgan fingerprint density at radius 3 is 2.29 bits per heavy atom. The van der Waals surface area contributed by atoms with E-state index in [0.29, 0.717) is 5.69 Å². The third-order valence-corrected chi connectivity index (χ3v) is 2.37. The van der Waals surface area contributed by atoms with E-state index in [4.69, 9.17) is 5.73 Å². The monoisotopic (exact) mass is 227 g/mol. The molecule has 2 aromatic heterocycles. The lowest BCUT2D eigenvalue weighted by Gasteiger charge is -2.07. The average Bonchev–Trinajstić information content (AvgIpc) is 3.03. The van der Waals surface area contributed by atoms with Crippen molar-refractivity contribution in [2.75, 3.05) is 5.73 Å². The summed E-state index contributed by atoms with van der Waals surface area (Å²) in [5.74, 6) is 0. The van der Waals surface area contributed by atoms with Crippen LogP contribution < -0.4 is 5.73 Å². The summed E-state index contributed by atoms with van der Waals surface area (Å²) in [7, 11) is 0. The lowest BCUT2D eigenvalue weighted by Crippen LogP contribution is -2.03. The minimum absolute atomic E-state index is 0.624. The molecular formula is C10H9N7. The summed E-state index contributed by atoms with van der Waals surface area (Å²) < 4.78 is 3.26. The summed E-state index contributed by atoms with van der Waals surface area (Å²) in [5.41, 5.74) is 8.15. The van der Waals surface area contributed by atoms with Gasteiger partial charge in [0.15, 0.2) is 0 Å². The van der Waals surface area contributed by atoms with Crippen molar-refractivity contribution in [3.8, 4) is 11.4 Å². The van der Waals surface area contributed by atoms with E-state index in [1.807, 2.05) is 12.1 Å². The third kappa shape index (κ3) is 1.63. The molecule has 3 rings (SSSR count). The van der Waals surface area contributed by atoms with Crippen molar-refractivity contribution in [1.29, 1.82) is 0 Å². The number of nitrogen functional groups attached to an aromatic ring is 1. The number of hydrogen-bond donors (Lipinski definition) is 1. The van der Waals surface area contributed by atoms with Crippen LogP contribution in [0.5, 0.6) is 0 Å². The van der Waals surface area contributed by atoms with Gasteiger partial charge in [0.25, 0.3) is 0 Å². The molecule has 1 aromatic carbocycles. The first-order valence-electron chi connectivity index (χ1n) is 4.97. The number of hydrogen-bond acceptors (Lipinski definition) is 5. The molecule has 0 aliphatic rings. The molecule has 17 heavy (non-hydrogen) atoms. The normalized spacial score (nSPS) is 10.6. The van der Waals surface area contributed by atoms with Gasteiger partial charge in [-0.15, -0.1) is 10.2 Å². The Labute approximate surface area is 96.5 Å². The van der Waals surface area contributed by atoms with Crippen molar-refractivity contribution < 1.29 is 0 Å². The summed E-state index contributed by atoms with van der Waals surface area (Å²) in [4.78, 5) is 0. The molecule has 0 saturated heterocycles. The number of nitrogens with zero attached hydrogens (tertiary/aromatic N) is 6. The topological polar surface area (TPSA) is 87.4 Å². The van der Waals surface area contributed by atoms with Crippen LogP contribution in [0.4, 0.5) is 5.69 Å². The highest BCUT2D eigenvalue weighted by atomic mass is 15.4. The van der Waals surface area contributed by atoms with E-state index < -0.39 is 0 Å². The van der Waals surface area contributed by atoms with Crippen molar-refractivity contribution in [2.45, 2.75) is 0 Å². The molecule has 7 heteroatoms. The first-order valence-corrected chi connectivity index (χ1v) is 4.97. The van der Waals surface area contributed by atoms with E-state index in [2.05, 4.69) is 20.6 Å². The second kappa shape index (κ2) is 3.71. The second-order valence-corrected chi connectivity index (χ2v) is 3.44. The van der Waals surface area contributed by atoms with Crippen LogP contribution in [-0.2, 0) is 0 Å². The van der Waals surface area contributed by atoms with Gasteiger partial charge in [-0.3, -0.25) is 0 Å². The predicted octanol–water partition coefficient (Wildman–Crippen LogP) is 0.430. The van der Waals surface area contributed by atoms with Crippen molar-refractivity contribution in [1.82, 2.24) is 30.0 Å². The van der Waals surface area contributed by atoms with Gasteiger partial charge in [0.05, 0.1) is 41.8 Å². The quantitative estimate of drug-likeness (QED) is 0.641. The van der Waals surface area contributed by atoms with Crippen molar-refractivity contribution in [3.05, 3.63) is 43.0 Å². The molecule has 3 aromatic rings. The van der Waals surface area contributed by atoms with E-state index in [1.165, 1.54) is 0 Å². The summed E-state index contributed by atoms with van der Waals surface area (Å²) in [6, 6.07) is 5.54. The van der Waals surface area contributed by atoms with Crippen molar-refractivity contribution in [2.24, 2.45) is 0 Å².